The van der Waals surface area contributed by atoms with Gasteiger partial charge in [0.05, 0.1) is 33.5 Å². The number of benzene rings is 6. The van der Waals surface area contributed by atoms with E-state index in [2.05, 4.69) is 203 Å². The van der Waals surface area contributed by atoms with E-state index in [1.54, 1.807) is 0 Å². The molecule has 0 radical (unpaired) electrons. The minimum absolute atomic E-state index is 0.841. The summed E-state index contributed by atoms with van der Waals surface area (Å²) in [5, 5.41) is 4.83. The predicted molar refractivity (Wildman–Crippen MR) is 209 cm³/mol. The molecule has 0 aliphatic rings. The van der Waals surface area contributed by atoms with Crippen LogP contribution in [0, 0.1) is 0 Å². The fourth-order valence-corrected chi connectivity index (χ4v) is 8.12. The van der Waals surface area contributed by atoms with E-state index in [4.69, 9.17) is 9.97 Å². The lowest BCUT2D eigenvalue weighted by molar-refractivity contribution is 0.682. The summed E-state index contributed by atoms with van der Waals surface area (Å²) in [5.74, 6) is 1.72. The summed E-state index contributed by atoms with van der Waals surface area (Å²) in [6.45, 7) is 0. The van der Waals surface area contributed by atoms with Crippen LogP contribution in [0.3, 0.4) is 0 Å². The Morgan fingerprint density at radius 3 is 0.961 bits per heavy atom. The monoisotopic (exact) mass is 652 g/mol. The third-order valence-corrected chi connectivity index (χ3v) is 10.3. The maximum absolute atomic E-state index is 5.63. The fourth-order valence-electron chi connectivity index (χ4n) is 8.12. The predicted octanol–water partition coefficient (Wildman–Crippen LogP) is 11.1. The molecule has 4 nitrogen and oxygen atoms in total. The topological polar surface area (TPSA) is 35.6 Å². The highest BCUT2D eigenvalue weighted by Gasteiger charge is 2.41. The van der Waals surface area contributed by atoms with E-state index in [1.165, 1.54) is 21.5 Å². The van der Waals surface area contributed by atoms with Crippen molar-refractivity contribution in [3.05, 3.63) is 217 Å². The Hall–Kier alpha value is -6.78. The minimum atomic E-state index is -0.841. The average molecular weight is 653 g/mol. The molecule has 4 aromatic heterocycles. The second kappa shape index (κ2) is 11.7. The molecule has 0 spiro atoms. The highest BCUT2D eigenvalue weighted by atomic mass is 15.1. The third-order valence-electron chi connectivity index (χ3n) is 10.3. The normalized spacial score (nSPS) is 11.9. The van der Waals surface area contributed by atoms with E-state index in [1.807, 2.05) is 0 Å². The molecule has 10 aromatic rings. The van der Waals surface area contributed by atoms with E-state index in [-0.39, 0.29) is 0 Å². The number of hydrogen-bond acceptors (Lipinski definition) is 2. The zero-order valence-electron chi connectivity index (χ0n) is 27.8. The van der Waals surface area contributed by atoms with Gasteiger partial charge < -0.3 is 0 Å². The van der Waals surface area contributed by atoms with Gasteiger partial charge in [0.1, 0.15) is 17.1 Å². The zero-order chi connectivity index (χ0) is 33.8. The maximum atomic E-state index is 5.63. The molecule has 6 aromatic carbocycles. The first-order chi connectivity index (χ1) is 25.3. The lowest BCUT2D eigenvalue weighted by atomic mass is 9.69. The van der Waals surface area contributed by atoms with Gasteiger partial charge in [0, 0.05) is 21.5 Å². The summed E-state index contributed by atoms with van der Waals surface area (Å²) in [5.41, 5.74) is 7.63. The van der Waals surface area contributed by atoms with Crippen LogP contribution in [0.25, 0.3) is 55.2 Å². The molecule has 4 heterocycles. The quantitative estimate of drug-likeness (QED) is 0.179. The van der Waals surface area contributed by atoms with Crippen LogP contribution in [0.15, 0.2) is 194 Å². The van der Waals surface area contributed by atoms with Crippen LogP contribution in [0.2, 0.25) is 0 Å². The lowest BCUT2D eigenvalue weighted by Gasteiger charge is -2.35. The molecule has 0 aliphatic heterocycles. The van der Waals surface area contributed by atoms with Gasteiger partial charge in [-0.05, 0) is 59.7 Å². The maximum Gasteiger partial charge on any atom is 0.137 e. The molecule has 0 bridgehead atoms. The number of para-hydroxylation sites is 4. The third kappa shape index (κ3) is 4.40. The molecule has 0 saturated heterocycles. The van der Waals surface area contributed by atoms with Crippen molar-refractivity contribution >= 4 is 43.6 Å². The molecule has 0 amide bonds. The van der Waals surface area contributed by atoms with Gasteiger partial charge in [0.25, 0.3) is 0 Å². The number of pyridine rings is 2. The molecule has 0 fully saturated rings. The molecule has 0 atom stereocenters. The van der Waals surface area contributed by atoms with Crippen LogP contribution in [0.1, 0.15) is 22.5 Å². The van der Waals surface area contributed by atoms with Crippen LogP contribution < -0.4 is 0 Å². The summed E-state index contributed by atoms with van der Waals surface area (Å²) in [7, 11) is 0. The van der Waals surface area contributed by atoms with Gasteiger partial charge in [0.2, 0.25) is 0 Å². The van der Waals surface area contributed by atoms with Crippen LogP contribution in [-0.2, 0) is 5.41 Å². The summed E-state index contributed by atoms with van der Waals surface area (Å²) in [6, 6.07) is 68.6. The van der Waals surface area contributed by atoms with Crippen LogP contribution >= 0.6 is 0 Å². The molecule has 0 N–H and O–H groups in total. The molecule has 0 saturated carbocycles. The zero-order valence-corrected chi connectivity index (χ0v) is 27.8. The van der Waals surface area contributed by atoms with Crippen molar-refractivity contribution in [2.45, 2.75) is 5.41 Å². The summed E-state index contributed by atoms with van der Waals surface area (Å²) in [6.07, 6.45) is 0. The second-order valence-electron chi connectivity index (χ2n) is 13.0. The van der Waals surface area contributed by atoms with Crippen molar-refractivity contribution < 1.29 is 0 Å². The largest absolute Gasteiger partial charge is 0.294 e. The van der Waals surface area contributed by atoms with Gasteiger partial charge in [0.15, 0.2) is 0 Å². The Morgan fingerprint density at radius 1 is 0.294 bits per heavy atom. The Balaban J connectivity index is 1.29. The van der Waals surface area contributed by atoms with Gasteiger partial charge in [-0.15, -0.1) is 0 Å². The van der Waals surface area contributed by atoms with E-state index in [9.17, 15) is 0 Å². The Kier molecular flexibility index (Phi) is 6.68. The van der Waals surface area contributed by atoms with E-state index < -0.39 is 5.41 Å². The minimum Gasteiger partial charge on any atom is -0.294 e. The van der Waals surface area contributed by atoms with Crippen molar-refractivity contribution in [2.24, 2.45) is 0 Å². The van der Waals surface area contributed by atoms with Crippen molar-refractivity contribution in [1.82, 2.24) is 19.1 Å². The van der Waals surface area contributed by atoms with Gasteiger partial charge in [-0.25, -0.2) is 9.97 Å². The summed E-state index contributed by atoms with van der Waals surface area (Å²) in [4.78, 5) is 11.3. The van der Waals surface area contributed by atoms with Crippen LogP contribution in [-0.4, -0.2) is 19.1 Å². The molecular weight excluding hydrogens is 621 g/mol. The lowest BCUT2D eigenvalue weighted by Crippen LogP contribution is -2.33. The number of aromatic nitrogens is 4. The Bertz CT molecular complexity index is 2560. The first-order valence-corrected chi connectivity index (χ1v) is 17.4. The van der Waals surface area contributed by atoms with Gasteiger partial charge in [-0.3, -0.25) is 9.13 Å². The number of hydrogen-bond donors (Lipinski definition) is 0. The van der Waals surface area contributed by atoms with Crippen LogP contribution in [0.4, 0.5) is 0 Å². The molecule has 0 aliphatic carbocycles. The molecule has 51 heavy (non-hydrogen) atoms. The highest BCUT2D eigenvalue weighted by molar-refractivity contribution is 6.10. The first-order valence-electron chi connectivity index (χ1n) is 17.4. The van der Waals surface area contributed by atoms with Crippen molar-refractivity contribution in [2.75, 3.05) is 0 Å². The van der Waals surface area contributed by atoms with Crippen molar-refractivity contribution in [3.63, 3.8) is 0 Å². The van der Waals surface area contributed by atoms with E-state index >= 15 is 0 Å². The molecule has 0 unspecified atom stereocenters. The Morgan fingerprint density at radius 2 is 0.608 bits per heavy atom. The molecule has 240 valence electrons. The second-order valence-corrected chi connectivity index (χ2v) is 13.0. The molecular formula is C47H32N4. The Labute approximate surface area is 295 Å². The van der Waals surface area contributed by atoms with Gasteiger partial charge >= 0.3 is 0 Å². The van der Waals surface area contributed by atoms with Crippen molar-refractivity contribution in [3.8, 4) is 11.6 Å². The van der Waals surface area contributed by atoms with Crippen LogP contribution in [0.5, 0.6) is 0 Å². The summed E-state index contributed by atoms with van der Waals surface area (Å²) < 4.78 is 4.58. The SMILES string of the molecule is c1ccc(C(c2ccccc2)(c2cccc(-n3c4ccccc4c4ccccc43)n2)c2cccc(-n3c4ccccc4c4ccccc43)n2)cc1. The first kappa shape index (κ1) is 29.2. The standard InChI is InChI=1S/C47H32N4/c1-3-17-33(18-4-1)47(34-19-5-2-6-20-34,43-29-15-31-45(48-43)50-39-25-11-7-21-35(39)36-22-8-12-26-40(36)50)44-30-16-32-46(49-44)51-41-27-13-9-23-37(41)38-24-10-14-28-42(38)51/h1-32H. The number of fused-ring (bicyclic) bond motifs is 6. The average Bonchev–Trinajstić information content (AvgIpc) is 3.73. The smallest absolute Gasteiger partial charge is 0.137 e. The molecule has 10 rings (SSSR count). The van der Waals surface area contributed by atoms with Gasteiger partial charge in [-0.1, -0.05) is 146 Å². The number of nitrogens with zero attached hydrogens (tertiary/aromatic N) is 4. The van der Waals surface area contributed by atoms with E-state index in [0.29, 0.717) is 0 Å². The molecule has 4 heteroatoms. The highest BCUT2D eigenvalue weighted by Crippen LogP contribution is 2.45. The van der Waals surface area contributed by atoms with Gasteiger partial charge in [-0.2, -0.15) is 0 Å². The fraction of sp³-hybridized carbons (Fsp3) is 0.0213. The van der Waals surface area contributed by atoms with E-state index in [0.717, 1.165) is 56.2 Å². The van der Waals surface area contributed by atoms with Crippen molar-refractivity contribution in [1.29, 1.82) is 0 Å². The summed E-state index contributed by atoms with van der Waals surface area (Å²) >= 11 is 0. The number of rotatable bonds is 6.